The van der Waals surface area contributed by atoms with Crippen molar-refractivity contribution in [1.29, 1.82) is 0 Å². The Hall–Kier alpha value is -2.41. The lowest BCUT2D eigenvalue weighted by Gasteiger charge is -2.33. The monoisotopic (exact) mass is 275 g/mol. The van der Waals surface area contributed by atoms with Crippen molar-refractivity contribution < 1.29 is 19.5 Å². The molecule has 3 rings (SSSR count). The van der Waals surface area contributed by atoms with E-state index in [4.69, 9.17) is 5.73 Å². The number of carbonyl (C=O) groups excluding carboxylic acids is 3. The molecule has 1 aromatic rings. The molecule has 4 N–H and O–H groups in total. The van der Waals surface area contributed by atoms with Gasteiger partial charge in [0.05, 0.1) is 17.2 Å². The van der Waals surface area contributed by atoms with Crippen LogP contribution in [0.1, 0.15) is 33.6 Å². The number of piperidine rings is 1. The van der Waals surface area contributed by atoms with E-state index in [0.717, 1.165) is 4.90 Å². The summed E-state index contributed by atoms with van der Waals surface area (Å²) in [5.74, 6) is -1.31. The topological polar surface area (TPSA) is 113 Å². The molecule has 20 heavy (non-hydrogen) atoms. The highest BCUT2D eigenvalue weighted by atomic mass is 16.3. The maximum Gasteiger partial charge on any atom is 0.264 e. The van der Waals surface area contributed by atoms with Gasteiger partial charge in [0.1, 0.15) is 6.23 Å². The molecule has 2 atom stereocenters. The van der Waals surface area contributed by atoms with Gasteiger partial charge in [0.25, 0.3) is 11.8 Å². The van der Waals surface area contributed by atoms with Gasteiger partial charge in [-0.15, -0.1) is 0 Å². The van der Waals surface area contributed by atoms with Gasteiger partial charge in [-0.3, -0.25) is 19.3 Å². The second-order valence-electron chi connectivity index (χ2n) is 4.87. The molecule has 0 radical (unpaired) electrons. The Bertz CT molecular complexity index is 628. The SMILES string of the molecule is Nc1cccc2c1C(=O)N([C@H]1CCC(=O)NC1O)C2=O. The predicted octanol–water partition coefficient (Wildman–Crippen LogP) is -0.538. The zero-order valence-electron chi connectivity index (χ0n) is 10.5. The summed E-state index contributed by atoms with van der Waals surface area (Å²) in [6.45, 7) is 0. The van der Waals surface area contributed by atoms with Gasteiger partial charge in [0.2, 0.25) is 5.91 Å². The van der Waals surface area contributed by atoms with E-state index in [2.05, 4.69) is 5.32 Å². The summed E-state index contributed by atoms with van der Waals surface area (Å²) in [4.78, 5) is 36.8. The van der Waals surface area contributed by atoms with Gasteiger partial charge in [0, 0.05) is 12.1 Å². The van der Waals surface area contributed by atoms with Gasteiger partial charge in [-0.2, -0.15) is 0 Å². The fourth-order valence-corrected chi connectivity index (χ4v) is 2.67. The van der Waals surface area contributed by atoms with Crippen LogP contribution in [-0.2, 0) is 4.79 Å². The zero-order chi connectivity index (χ0) is 14.4. The van der Waals surface area contributed by atoms with Crippen molar-refractivity contribution in [2.75, 3.05) is 5.73 Å². The van der Waals surface area contributed by atoms with Crippen molar-refractivity contribution in [1.82, 2.24) is 10.2 Å². The first kappa shape index (κ1) is 12.6. The molecule has 2 aliphatic heterocycles. The summed E-state index contributed by atoms with van der Waals surface area (Å²) < 4.78 is 0. The van der Waals surface area contributed by atoms with Gasteiger partial charge >= 0.3 is 0 Å². The third-order valence-electron chi connectivity index (χ3n) is 3.65. The van der Waals surface area contributed by atoms with Crippen molar-refractivity contribution in [2.24, 2.45) is 0 Å². The fraction of sp³-hybridized carbons (Fsp3) is 0.308. The number of nitrogens with two attached hydrogens (primary N) is 1. The average molecular weight is 275 g/mol. The van der Waals surface area contributed by atoms with Crippen LogP contribution in [0.5, 0.6) is 0 Å². The lowest BCUT2D eigenvalue weighted by atomic mass is 10.0. The fourth-order valence-electron chi connectivity index (χ4n) is 2.67. The number of hydrogen-bond donors (Lipinski definition) is 3. The molecular weight excluding hydrogens is 262 g/mol. The van der Waals surface area contributed by atoms with Crippen LogP contribution in [0.2, 0.25) is 0 Å². The summed E-state index contributed by atoms with van der Waals surface area (Å²) in [5, 5.41) is 12.2. The molecule has 2 aliphatic rings. The molecule has 1 fully saturated rings. The highest BCUT2D eigenvalue weighted by Gasteiger charge is 2.45. The van der Waals surface area contributed by atoms with Crippen LogP contribution in [-0.4, -0.2) is 40.0 Å². The summed E-state index contributed by atoms with van der Waals surface area (Å²) in [6, 6.07) is 3.91. The molecule has 3 amide bonds. The van der Waals surface area contributed by atoms with Crippen molar-refractivity contribution in [3.8, 4) is 0 Å². The minimum absolute atomic E-state index is 0.157. The van der Waals surface area contributed by atoms with Gasteiger partial charge < -0.3 is 16.2 Å². The summed E-state index contributed by atoms with van der Waals surface area (Å²) in [6.07, 6.45) is -0.858. The normalized spacial score (nSPS) is 25.6. The molecule has 1 saturated heterocycles. The van der Waals surface area contributed by atoms with E-state index in [9.17, 15) is 19.5 Å². The Morgan fingerprint density at radius 3 is 2.65 bits per heavy atom. The summed E-state index contributed by atoms with van der Waals surface area (Å²) in [5.41, 5.74) is 6.38. The Kier molecular flexibility index (Phi) is 2.72. The third kappa shape index (κ3) is 1.67. The Morgan fingerprint density at radius 2 is 2.00 bits per heavy atom. The number of aliphatic hydroxyl groups is 1. The number of amides is 3. The highest BCUT2D eigenvalue weighted by molar-refractivity contribution is 6.23. The Balaban J connectivity index is 1.98. The number of rotatable bonds is 1. The van der Waals surface area contributed by atoms with Gasteiger partial charge in [-0.1, -0.05) is 6.07 Å². The molecule has 7 nitrogen and oxygen atoms in total. The van der Waals surface area contributed by atoms with Crippen LogP contribution in [0.15, 0.2) is 18.2 Å². The number of nitrogens with one attached hydrogen (secondary N) is 1. The molecular formula is C13H13N3O4. The van der Waals surface area contributed by atoms with E-state index in [1.165, 1.54) is 6.07 Å². The average Bonchev–Trinajstić information content (AvgIpc) is 2.64. The minimum Gasteiger partial charge on any atom is -0.398 e. The number of aliphatic hydroxyl groups excluding tert-OH is 1. The molecule has 0 aromatic heterocycles. The van der Waals surface area contributed by atoms with Crippen molar-refractivity contribution in [3.63, 3.8) is 0 Å². The van der Waals surface area contributed by atoms with Crippen molar-refractivity contribution in [3.05, 3.63) is 29.3 Å². The molecule has 1 unspecified atom stereocenters. The van der Waals surface area contributed by atoms with Gasteiger partial charge in [0.15, 0.2) is 0 Å². The van der Waals surface area contributed by atoms with E-state index >= 15 is 0 Å². The first-order valence-electron chi connectivity index (χ1n) is 6.24. The van der Waals surface area contributed by atoms with Crippen LogP contribution in [0.3, 0.4) is 0 Å². The standard InChI is InChI=1S/C13H13N3O4/c14-7-3-1-2-6-10(7)13(20)16(12(6)19)8-4-5-9(17)15-11(8)18/h1-3,8,11,18H,4-5,14H2,(H,15,17)/t8-,11?/m0/s1. The molecule has 0 bridgehead atoms. The van der Waals surface area contributed by atoms with Crippen LogP contribution in [0, 0.1) is 0 Å². The second-order valence-corrected chi connectivity index (χ2v) is 4.87. The van der Waals surface area contributed by atoms with Crippen molar-refractivity contribution in [2.45, 2.75) is 25.1 Å². The van der Waals surface area contributed by atoms with E-state index < -0.39 is 24.1 Å². The van der Waals surface area contributed by atoms with E-state index in [1.54, 1.807) is 12.1 Å². The predicted molar refractivity (Wildman–Crippen MR) is 68.5 cm³/mol. The quantitative estimate of drug-likeness (QED) is 0.470. The number of benzene rings is 1. The Labute approximate surface area is 114 Å². The van der Waals surface area contributed by atoms with Crippen LogP contribution >= 0.6 is 0 Å². The lowest BCUT2D eigenvalue weighted by molar-refractivity contribution is -0.129. The molecule has 0 spiro atoms. The van der Waals surface area contributed by atoms with E-state index in [1.807, 2.05) is 0 Å². The second kappa shape index (κ2) is 4.31. The first-order chi connectivity index (χ1) is 9.50. The van der Waals surface area contributed by atoms with Gasteiger partial charge in [-0.05, 0) is 18.6 Å². The number of fused-ring (bicyclic) bond motifs is 1. The number of carbonyl (C=O) groups is 3. The first-order valence-corrected chi connectivity index (χ1v) is 6.24. The summed E-state index contributed by atoms with van der Waals surface area (Å²) in [7, 11) is 0. The molecule has 2 heterocycles. The van der Waals surface area contributed by atoms with Gasteiger partial charge in [-0.25, -0.2) is 0 Å². The number of imide groups is 1. The van der Waals surface area contributed by atoms with Crippen LogP contribution in [0.25, 0.3) is 0 Å². The highest BCUT2D eigenvalue weighted by Crippen LogP contribution is 2.31. The third-order valence-corrected chi connectivity index (χ3v) is 3.65. The number of nitrogens with zero attached hydrogens (tertiary/aromatic N) is 1. The zero-order valence-corrected chi connectivity index (χ0v) is 10.5. The lowest BCUT2D eigenvalue weighted by Crippen LogP contribution is -2.57. The smallest absolute Gasteiger partial charge is 0.264 e. The molecule has 104 valence electrons. The van der Waals surface area contributed by atoms with E-state index in [0.29, 0.717) is 0 Å². The minimum atomic E-state index is -1.25. The maximum absolute atomic E-state index is 12.4. The molecule has 0 aliphatic carbocycles. The largest absolute Gasteiger partial charge is 0.398 e. The number of anilines is 1. The van der Waals surface area contributed by atoms with E-state index in [-0.39, 0.29) is 35.6 Å². The molecule has 7 heteroatoms. The number of nitrogen functional groups attached to an aromatic ring is 1. The summed E-state index contributed by atoms with van der Waals surface area (Å²) >= 11 is 0. The molecule has 0 saturated carbocycles. The van der Waals surface area contributed by atoms with Crippen LogP contribution in [0.4, 0.5) is 5.69 Å². The number of hydrogen-bond acceptors (Lipinski definition) is 5. The maximum atomic E-state index is 12.4. The van der Waals surface area contributed by atoms with Crippen LogP contribution < -0.4 is 11.1 Å². The molecule has 1 aromatic carbocycles. The Morgan fingerprint density at radius 1 is 1.25 bits per heavy atom. The van der Waals surface area contributed by atoms with Crippen molar-refractivity contribution >= 4 is 23.4 Å².